The maximum absolute atomic E-state index is 14.0. The predicted octanol–water partition coefficient (Wildman–Crippen LogP) is 4.26. The van der Waals surface area contributed by atoms with Gasteiger partial charge in [0, 0.05) is 42.2 Å². The van der Waals surface area contributed by atoms with Crippen molar-refractivity contribution < 1.29 is 34.2 Å². The standard InChI is InChI=1S/C30H40O7/c1-15(10-17(31)11-16(2)26(36)37)18-12-23(35)30(7)25-19(32)13-21-27(3,4)22(34)8-9-28(21,5)24(25)20(33)14-29(18,30)6/h10,16,18,21-22,34H,8-9,11-14H2,1-7H3,(H,36,37)/b15-10+/t16?,18-,21+,22+,28+,29-,30+/m1/s1. The number of hydrogen-bond acceptors (Lipinski definition) is 6. The summed E-state index contributed by atoms with van der Waals surface area (Å²) in [5.74, 6) is -3.18. The number of aliphatic carboxylic acids is 1. The molecule has 0 saturated heterocycles. The van der Waals surface area contributed by atoms with E-state index in [4.69, 9.17) is 5.11 Å². The van der Waals surface area contributed by atoms with Crippen molar-refractivity contribution in [2.45, 2.75) is 93.1 Å². The van der Waals surface area contributed by atoms with Crippen molar-refractivity contribution in [2.24, 2.45) is 39.4 Å². The van der Waals surface area contributed by atoms with E-state index in [1.165, 1.54) is 13.0 Å². The zero-order valence-electron chi connectivity index (χ0n) is 23.1. The van der Waals surface area contributed by atoms with Crippen molar-refractivity contribution in [3.63, 3.8) is 0 Å². The lowest BCUT2D eigenvalue weighted by atomic mass is 9.43. The minimum absolute atomic E-state index is 0.0930. The lowest BCUT2D eigenvalue weighted by molar-refractivity contribution is -0.144. The van der Waals surface area contributed by atoms with Gasteiger partial charge in [-0.05, 0) is 55.4 Å². The molecule has 0 bridgehead atoms. The number of carboxylic acids is 1. The van der Waals surface area contributed by atoms with Crippen molar-refractivity contribution in [1.29, 1.82) is 0 Å². The molecule has 0 aliphatic heterocycles. The summed E-state index contributed by atoms with van der Waals surface area (Å²) in [4.78, 5) is 65.5. The van der Waals surface area contributed by atoms with E-state index in [1.54, 1.807) is 6.92 Å². The highest BCUT2D eigenvalue weighted by Crippen LogP contribution is 2.69. The second kappa shape index (κ2) is 8.55. The fourth-order valence-electron chi connectivity index (χ4n) is 8.42. The Morgan fingerprint density at radius 3 is 2.24 bits per heavy atom. The van der Waals surface area contributed by atoms with Crippen molar-refractivity contribution >= 4 is 29.1 Å². The second-order valence-electron chi connectivity index (χ2n) is 13.3. The van der Waals surface area contributed by atoms with Crippen LogP contribution in [-0.4, -0.2) is 45.4 Å². The highest BCUT2D eigenvalue weighted by molar-refractivity contribution is 6.16. The summed E-state index contributed by atoms with van der Waals surface area (Å²) < 4.78 is 0. The molecule has 7 nitrogen and oxygen atoms in total. The van der Waals surface area contributed by atoms with E-state index in [-0.39, 0.29) is 54.7 Å². The van der Waals surface area contributed by atoms with Gasteiger partial charge in [0.2, 0.25) is 0 Å². The monoisotopic (exact) mass is 512 g/mol. The third-order valence-corrected chi connectivity index (χ3v) is 11.0. The average Bonchev–Trinajstić information content (AvgIpc) is 2.99. The van der Waals surface area contributed by atoms with E-state index in [0.29, 0.717) is 29.6 Å². The van der Waals surface area contributed by atoms with Crippen molar-refractivity contribution in [2.75, 3.05) is 0 Å². The molecule has 0 aromatic heterocycles. The maximum Gasteiger partial charge on any atom is 0.306 e. The first kappa shape index (κ1) is 27.6. The summed E-state index contributed by atoms with van der Waals surface area (Å²) in [5, 5.41) is 19.9. The minimum Gasteiger partial charge on any atom is -0.481 e. The Balaban J connectivity index is 1.81. The summed E-state index contributed by atoms with van der Waals surface area (Å²) in [5.41, 5.74) is -1.66. The molecule has 7 atom stereocenters. The first-order valence-corrected chi connectivity index (χ1v) is 13.4. The van der Waals surface area contributed by atoms with Crippen LogP contribution in [0.5, 0.6) is 0 Å². The summed E-state index contributed by atoms with van der Waals surface area (Å²) in [7, 11) is 0. The topological polar surface area (TPSA) is 126 Å². The van der Waals surface area contributed by atoms with Crippen LogP contribution < -0.4 is 0 Å². The maximum atomic E-state index is 14.0. The average molecular weight is 513 g/mol. The Morgan fingerprint density at radius 1 is 1.03 bits per heavy atom. The van der Waals surface area contributed by atoms with Crippen LogP contribution in [0, 0.1) is 39.4 Å². The summed E-state index contributed by atoms with van der Waals surface area (Å²) in [6, 6.07) is 0. The smallest absolute Gasteiger partial charge is 0.306 e. The van der Waals surface area contributed by atoms with Crippen LogP contribution in [-0.2, 0) is 24.0 Å². The van der Waals surface area contributed by atoms with Gasteiger partial charge in [-0.25, -0.2) is 0 Å². The number of aliphatic hydroxyl groups is 1. The van der Waals surface area contributed by atoms with Gasteiger partial charge in [-0.2, -0.15) is 0 Å². The molecule has 4 rings (SSSR count). The minimum atomic E-state index is -1.15. The molecular formula is C30H40O7. The number of ketones is 4. The Bertz CT molecular complexity index is 1170. The number of carboxylic acid groups (broad SMARTS) is 1. The number of fused-ring (bicyclic) bond motifs is 4. The largest absolute Gasteiger partial charge is 0.481 e. The van der Waals surface area contributed by atoms with Crippen LogP contribution in [0.25, 0.3) is 0 Å². The van der Waals surface area contributed by atoms with E-state index in [9.17, 15) is 29.1 Å². The SMILES string of the molecule is C/C(=C\C(=O)CC(C)C(=O)O)[C@H]1CC(=O)[C@@]2(C)C3=C(C(=O)C[C@]12C)[C@@]1(C)CC[C@H](O)C(C)(C)[C@@H]1CC3=O. The van der Waals surface area contributed by atoms with Gasteiger partial charge in [-0.1, -0.05) is 40.2 Å². The van der Waals surface area contributed by atoms with Crippen LogP contribution in [0.4, 0.5) is 0 Å². The number of carbonyl (C=O) groups is 5. The van der Waals surface area contributed by atoms with E-state index in [0.717, 1.165) is 0 Å². The molecule has 7 heteroatoms. The van der Waals surface area contributed by atoms with Crippen LogP contribution in [0.15, 0.2) is 22.8 Å². The molecular weight excluding hydrogens is 472 g/mol. The molecule has 0 radical (unpaired) electrons. The lowest BCUT2D eigenvalue weighted by Gasteiger charge is -2.59. The molecule has 202 valence electrons. The molecule has 0 aromatic carbocycles. The second-order valence-corrected chi connectivity index (χ2v) is 13.3. The van der Waals surface area contributed by atoms with E-state index in [1.807, 2.05) is 34.6 Å². The molecule has 0 aromatic rings. The molecule has 2 N–H and O–H groups in total. The van der Waals surface area contributed by atoms with Crippen molar-refractivity contribution in [3.05, 3.63) is 22.8 Å². The van der Waals surface area contributed by atoms with Crippen molar-refractivity contribution in [3.8, 4) is 0 Å². The number of rotatable bonds is 5. The van der Waals surface area contributed by atoms with Crippen LogP contribution in [0.1, 0.15) is 87.0 Å². The van der Waals surface area contributed by atoms with E-state index >= 15 is 0 Å². The number of carbonyl (C=O) groups excluding carboxylic acids is 4. The molecule has 2 saturated carbocycles. The molecule has 1 unspecified atom stereocenters. The van der Waals surface area contributed by atoms with Crippen LogP contribution in [0.3, 0.4) is 0 Å². The fraction of sp³-hybridized carbons (Fsp3) is 0.700. The van der Waals surface area contributed by atoms with Crippen LogP contribution >= 0.6 is 0 Å². The van der Waals surface area contributed by atoms with Gasteiger partial charge in [0.1, 0.15) is 5.78 Å². The van der Waals surface area contributed by atoms with Gasteiger partial charge in [0.15, 0.2) is 17.3 Å². The lowest BCUT2D eigenvalue weighted by Crippen LogP contribution is -2.59. The summed E-state index contributed by atoms with van der Waals surface area (Å²) in [6.07, 6.45) is 2.24. The molecule has 4 aliphatic rings. The molecule has 0 heterocycles. The Morgan fingerprint density at radius 2 is 1.65 bits per heavy atom. The van der Waals surface area contributed by atoms with E-state index < -0.39 is 45.6 Å². The van der Waals surface area contributed by atoms with Gasteiger partial charge in [-0.15, -0.1) is 0 Å². The zero-order valence-corrected chi connectivity index (χ0v) is 23.1. The Labute approximate surface area is 218 Å². The number of hydrogen-bond donors (Lipinski definition) is 2. The fourth-order valence-corrected chi connectivity index (χ4v) is 8.42. The van der Waals surface area contributed by atoms with E-state index in [2.05, 4.69) is 0 Å². The highest BCUT2D eigenvalue weighted by atomic mass is 16.4. The van der Waals surface area contributed by atoms with Gasteiger partial charge in [-0.3, -0.25) is 24.0 Å². The molecule has 37 heavy (non-hydrogen) atoms. The third-order valence-electron chi connectivity index (χ3n) is 11.0. The first-order chi connectivity index (χ1) is 16.9. The molecule has 4 aliphatic carbocycles. The molecule has 2 fully saturated rings. The molecule has 0 spiro atoms. The van der Waals surface area contributed by atoms with Crippen molar-refractivity contribution in [1.82, 2.24) is 0 Å². The Hall–Kier alpha value is -2.41. The van der Waals surface area contributed by atoms with Gasteiger partial charge in [0.25, 0.3) is 0 Å². The zero-order chi connectivity index (χ0) is 27.9. The summed E-state index contributed by atoms with van der Waals surface area (Å²) >= 11 is 0. The third kappa shape index (κ3) is 3.67. The molecule has 0 amide bonds. The number of Topliss-reactive ketones (excluding diaryl/α,β-unsaturated/α-hetero) is 3. The number of allylic oxidation sites excluding steroid dienone is 4. The highest BCUT2D eigenvalue weighted by Gasteiger charge is 2.70. The first-order valence-electron chi connectivity index (χ1n) is 13.4. The predicted molar refractivity (Wildman–Crippen MR) is 136 cm³/mol. The van der Waals surface area contributed by atoms with Gasteiger partial charge >= 0.3 is 5.97 Å². The van der Waals surface area contributed by atoms with Crippen LogP contribution in [0.2, 0.25) is 0 Å². The van der Waals surface area contributed by atoms with Gasteiger partial charge in [0.05, 0.1) is 17.4 Å². The Kier molecular flexibility index (Phi) is 6.38. The quantitative estimate of drug-likeness (QED) is 0.527. The normalized spacial score (nSPS) is 40.2. The summed E-state index contributed by atoms with van der Waals surface area (Å²) in [6.45, 7) is 12.9. The number of aliphatic hydroxyl groups excluding tert-OH is 1. The van der Waals surface area contributed by atoms with Gasteiger partial charge < -0.3 is 10.2 Å².